The lowest BCUT2D eigenvalue weighted by atomic mass is 10.1. The van der Waals surface area contributed by atoms with Gasteiger partial charge in [0.2, 0.25) is 5.91 Å². The lowest BCUT2D eigenvalue weighted by Crippen LogP contribution is -2.32. The van der Waals surface area contributed by atoms with E-state index in [0.29, 0.717) is 13.1 Å². The Balaban J connectivity index is 1.53. The maximum Gasteiger partial charge on any atom is 0.227 e. The fourth-order valence-corrected chi connectivity index (χ4v) is 3.76. The molecule has 0 N–H and O–H groups in total. The molecule has 0 aliphatic carbocycles. The zero-order valence-electron chi connectivity index (χ0n) is 18.2. The van der Waals surface area contributed by atoms with E-state index in [9.17, 15) is 9.18 Å². The molecule has 3 nitrogen and oxygen atoms in total. The number of carbonyl (C=O) groups excluding carboxylic acids is 1. The molecular weight excluding hydrogens is 399 g/mol. The zero-order valence-corrected chi connectivity index (χ0v) is 18.2. The number of rotatable bonds is 8. The molecule has 0 fully saturated rings. The molecule has 0 saturated carbocycles. The molecule has 32 heavy (non-hydrogen) atoms. The van der Waals surface area contributed by atoms with Gasteiger partial charge in [-0.25, -0.2) is 4.39 Å². The molecular formula is C28H27FN2O. The molecule has 4 heteroatoms. The van der Waals surface area contributed by atoms with Crippen molar-refractivity contribution in [3.63, 3.8) is 0 Å². The number of nitrogens with zero attached hydrogens (tertiary/aromatic N) is 2. The number of carbonyl (C=O) groups is 1. The quantitative estimate of drug-likeness (QED) is 0.352. The summed E-state index contributed by atoms with van der Waals surface area (Å²) in [4.78, 5) is 15.1. The van der Waals surface area contributed by atoms with Gasteiger partial charge in [-0.1, -0.05) is 72.3 Å². The van der Waals surface area contributed by atoms with Gasteiger partial charge in [0.15, 0.2) is 0 Å². The van der Waals surface area contributed by atoms with Gasteiger partial charge in [0, 0.05) is 25.0 Å². The highest BCUT2D eigenvalue weighted by Crippen LogP contribution is 2.16. The summed E-state index contributed by atoms with van der Waals surface area (Å²) in [5.41, 5.74) is 5.43. The number of benzene rings is 3. The Labute approximate surface area is 188 Å². The molecule has 0 radical (unpaired) electrons. The van der Waals surface area contributed by atoms with Crippen molar-refractivity contribution in [1.82, 2.24) is 9.47 Å². The van der Waals surface area contributed by atoms with Crippen LogP contribution in [0.4, 0.5) is 4.39 Å². The van der Waals surface area contributed by atoms with Gasteiger partial charge in [0.1, 0.15) is 5.82 Å². The fraction of sp³-hybridized carbons (Fsp3) is 0.179. The minimum Gasteiger partial charge on any atom is -0.345 e. The predicted molar refractivity (Wildman–Crippen MR) is 126 cm³/mol. The standard InChI is InChI=1S/C28H27FN2O/c1-22-9-11-25(12-10-22)19-30-17-5-8-27(30)21-31(20-24-6-3-2-4-7-24)28(32)18-23-13-15-26(29)16-14-23/h2-17H,18-21H2,1H3. The van der Waals surface area contributed by atoms with Crippen molar-refractivity contribution in [3.05, 3.63) is 131 Å². The molecule has 4 rings (SSSR count). The van der Waals surface area contributed by atoms with Crippen LogP contribution < -0.4 is 0 Å². The van der Waals surface area contributed by atoms with Crippen LogP contribution in [-0.4, -0.2) is 15.4 Å². The summed E-state index contributed by atoms with van der Waals surface area (Å²) in [6.07, 6.45) is 2.30. The van der Waals surface area contributed by atoms with Gasteiger partial charge in [-0.2, -0.15) is 0 Å². The third-order valence-corrected chi connectivity index (χ3v) is 5.59. The highest BCUT2D eigenvalue weighted by molar-refractivity contribution is 5.78. The maximum absolute atomic E-state index is 13.3. The van der Waals surface area contributed by atoms with E-state index in [0.717, 1.165) is 23.4 Å². The second-order valence-electron chi connectivity index (χ2n) is 8.15. The van der Waals surface area contributed by atoms with Crippen molar-refractivity contribution < 1.29 is 9.18 Å². The van der Waals surface area contributed by atoms with Crippen molar-refractivity contribution in [2.75, 3.05) is 0 Å². The molecule has 4 aromatic rings. The summed E-state index contributed by atoms with van der Waals surface area (Å²) >= 11 is 0. The summed E-state index contributed by atoms with van der Waals surface area (Å²) in [5, 5.41) is 0. The molecule has 1 amide bonds. The second kappa shape index (κ2) is 10.1. The first-order valence-electron chi connectivity index (χ1n) is 10.8. The molecule has 3 aromatic carbocycles. The number of amides is 1. The van der Waals surface area contributed by atoms with Crippen LogP contribution in [0, 0.1) is 12.7 Å². The van der Waals surface area contributed by atoms with E-state index in [4.69, 9.17) is 0 Å². The monoisotopic (exact) mass is 426 g/mol. The zero-order chi connectivity index (χ0) is 22.3. The number of hydrogen-bond acceptors (Lipinski definition) is 1. The maximum atomic E-state index is 13.3. The molecule has 0 saturated heterocycles. The lowest BCUT2D eigenvalue weighted by molar-refractivity contribution is -0.131. The van der Waals surface area contributed by atoms with Crippen LogP contribution in [-0.2, 0) is 30.8 Å². The number of hydrogen-bond donors (Lipinski definition) is 0. The first-order valence-corrected chi connectivity index (χ1v) is 10.8. The minimum absolute atomic E-state index is 0.0172. The number of halogens is 1. The largest absolute Gasteiger partial charge is 0.345 e. The first kappa shape index (κ1) is 21.6. The molecule has 0 spiro atoms. The van der Waals surface area contributed by atoms with Gasteiger partial charge in [-0.3, -0.25) is 4.79 Å². The fourth-order valence-electron chi connectivity index (χ4n) is 3.76. The van der Waals surface area contributed by atoms with Gasteiger partial charge < -0.3 is 9.47 Å². The average molecular weight is 427 g/mol. The van der Waals surface area contributed by atoms with E-state index in [1.165, 1.54) is 23.3 Å². The van der Waals surface area contributed by atoms with Crippen molar-refractivity contribution >= 4 is 5.91 Å². The Morgan fingerprint density at radius 1 is 0.781 bits per heavy atom. The van der Waals surface area contributed by atoms with E-state index in [1.54, 1.807) is 12.1 Å². The molecule has 0 atom stereocenters. The topological polar surface area (TPSA) is 25.2 Å². The minimum atomic E-state index is -0.295. The van der Waals surface area contributed by atoms with Gasteiger partial charge in [0.05, 0.1) is 13.0 Å². The summed E-state index contributed by atoms with van der Waals surface area (Å²) in [6, 6.07) is 28.8. The third-order valence-electron chi connectivity index (χ3n) is 5.59. The van der Waals surface area contributed by atoms with Crippen LogP contribution in [0.15, 0.2) is 97.2 Å². The van der Waals surface area contributed by atoms with Crippen LogP contribution in [0.5, 0.6) is 0 Å². The Hall–Kier alpha value is -3.66. The number of aryl methyl sites for hydroxylation is 1. The average Bonchev–Trinajstić information content (AvgIpc) is 3.23. The Kier molecular flexibility index (Phi) is 6.81. The van der Waals surface area contributed by atoms with Crippen LogP contribution in [0.2, 0.25) is 0 Å². The van der Waals surface area contributed by atoms with Crippen molar-refractivity contribution in [3.8, 4) is 0 Å². The van der Waals surface area contributed by atoms with Crippen LogP contribution in [0.25, 0.3) is 0 Å². The van der Waals surface area contributed by atoms with E-state index in [1.807, 2.05) is 41.3 Å². The summed E-state index contributed by atoms with van der Waals surface area (Å²) in [6.45, 7) is 3.87. The Morgan fingerprint density at radius 2 is 1.47 bits per heavy atom. The van der Waals surface area contributed by atoms with Crippen LogP contribution in [0.3, 0.4) is 0 Å². The van der Waals surface area contributed by atoms with E-state index in [2.05, 4.69) is 48.0 Å². The smallest absolute Gasteiger partial charge is 0.227 e. The predicted octanol–water partition coefficient (Wildman–Crippen LogP) is 5.76. The van der Waals surface area contributed by atoms with Crippen molar-refractivity contribution in [1.29, 1.82) is 0 Å². The molecule has 0 aliphatic heterocycles. The molecule has 1 aromatic heterocycles. The Bertz CT molecular complexity index is 1150. The van der Waals surface area contributed by atoms with Gasteiger partial charge in [-0.05, 0) is 47.9 Å². The van der Waals surface area contributed by atoms with E-state index in [-0.39, 0.29) is 18.1 Å². The van der Waals surface area contributed by atoms with E-state index >= 15 is 0 Å². The SMILES string of the molecule is Cc1ccc(Cn2cccc2CN(Cc2ccccc2)C(=O)Cc2ccc(F)cc2)cc1. The normalized spacial score (nSPS) is 10.8. The molecule has 0 aliphatic rings. The third kappa shape index (κ3) is 5.73. The highest BCUT2D eigenvalue weighted by atomic mass is 19.1. The van der Waals surface area contributed by atoms with Crippen LogP contribution in [0.1, 0.15) is 27.9 Å². The summed E-state index contributed by atoms with van der Waals surface area (Å²) < 4.78 is 15.5. The van der Waals surface area contributed by atoms with Crippen molar-refractivity contribution in [2.45, 2.75) is 33.0 Å². The van der Waals surface area contributed by atoms with Crippen molar-refractivity contribution in [2.24, 2.45) is 0 Å². The molecule has 0 unspecified atom stereocenters. The summed E-state index contributed by atoms with van der Waals surface area (Å²) in [7, 11) is 0. The first-order chi connectivity index (χ1) is 15.6. The molecule has 1 heterocycles. The second-order valence-corrected chi connectivity index (χ2v) is 8.15. The number of aromatic nitrogens is 1. The molecule has 162 valence electrons. The van der Waals surface area contributed by atoms with Gasteiger partial charge >= 0.3 is 0 Å². The van der Waals surface area contributed by atoms with Gasteiger partial charge in [-0.15, -0.1) is 0 Å². The lowest BCUT2D eigenvalue weighted by Gasteiger charge is -2.24. The highest BCUT2D eigenvalue weighted by Gasteiger charge is 2.17. The molecule has 0 bridgehead atoms. The van der Waals surface area contributed by atoms with Crippen LogP contribution >= 0.6 is 0 Å². The summed E-state index contributed by atoms with van der Waals surface area (Å²) in [5.74, 6) is -0.278. The van der Waals surface area contributed by atoms with Gasteiger partial charge in [0.25, 0.3) is 0 Å². The van der Waals surface area contributed by atoms with E-state index < -0.39 is 0 Å². The Morgan fingerprint density at radius 3 is 2.19 bits per heavy atom.